The van der Waals surface area contributed by atoms with Gasteiger partial charge in [0.05, 0.1) is 23.6 Å². The lowest BCUT2D eigenvalue weighted by Crippen LogP contribution is -2.16. The van der Waals surface area contributed by atoms with Gasteiger partial charge in [0.15, 0.2) is 0 Å². The minimum absolute atomic E-state index is 0.102. The van der Waals surface area contributed by atoms with Crippen LogP contribution in [0.4, 0.5) is 5.69 Å². The van der Waals surface area contributed by atoms with Crippen LogP contribution in [0.15, 0.2) is 53.9 Å². The first kappa shape index (κ1) is 21.2. The molecule has 3 rings (SSSR count). The van der Waals surface area contributed by atoms with Gasteiger partial charge in [0.2, 0.25) is 5.01 Å². The Bertz CT molecular complexity index is 1080. The number of benzene rings is 2. The summed E-state index contributed by atoms with van der Waals surface area (Å²) in [4.78, 5) is 40.9. The average Bonchev–Trinajstić information content (AvgIpc) is 3.22. The largest absolute Gasteiger partial charge is 0.461 e. The first-order valence-electron chi connectivity index (χ1n) is 9.23. The van der Waals surface area contributed by atoms with E-state index in [-0.39, 0.29) is 29.7 Å². The molecule has 0 spiro atoms. The second-order valence-corrected chi connectivity index (χ2v) is 7.17. The van der Waals surface area contributed by atoms with Crippen LogP contribution in [0.5, 0.6) is 0 Å². The van der Waals surface area contributed by atoms with Crippen LogP contribution < -0.4 is 5.32 Å². The van der Waals surface area contributed by atoms with Crippen LogP contribution in [-0.4, -0.2) is 29.4 Å². The lowest BCUT2D eigenvalue weighted by molar-refractivity contribution is 0.0469. The molecule has 1 amide bonds. The molecule has 0 aliphatic rings. The van der Waals surface area contributed by atoms with Gasteiger partial charge in [0, 0.05) is 10.9 Å². The number of hydrogen-bond acceptors (Lipinski definition) is 7. The fourth-order valence-electron chi connectivity index (χ4n) is 2.63. The summed E-state index contributed by atoms with van der Waals surface area (Å²) in [6, 6.07) is 13.8. The third-order valence-corrected chi connectivity index (χ3v) is 4.90. The quantitative estimate of drug-likeness (QED) is 0.570. The molecule has 1 N–H and O–H groups in total. The van der Waals surface area contributed by atoms with Crippen molar-refractivity contribution in [3.63, 3.8) is 0 Å². The zero-order valence-electron chi connectivity index (χ0n) is 16.5. The number of ether oxygens (including phenoxy) is 2. The molecule has 0 saturated carbocycles. The van der Waals surface area contributed by atoms with Crippen molar-refractivity contribution in [2.45, 2.75) is 20.5 Å². The van der Waals surface area contributed by atoms with Crippen molar-refractivity contribution in [2.24, 2.45) is 0 Å². The lowest BCUT2D eigenvalue weighted by atomic mass is 10.1. The number of rotatable bonds is 7. The van der Waals surface area contributed by atoms with Crippen LogP contribution in [-0.2, 0) is 16.1 Å². The fraction of sp³-hybridized carbons (Fsp3) is 0.182. The number of thiazole rings is 1. The van der Waals surface area contributed by atoms with E-state index in [4.69, 9.17) is 9.47 Å². The zero-order chi connectivity index (χ0) is 21.5. The van der Waals surface area contributed by atoms with Crippen LogP contribution in [0.2, 0.25) is 0 Å². The molecule has 0 unspecified atom stereocenters. The van der Waals surface area contributed by atoms with E-state index in [0.717, 1.165) is 16.9 Å². The minimum atomic E-state index is -0.610. The minimum Gasteiger partial charge on any atom is -0.461 e. The Hall–Kier alpha value is -3.52. The average molecular weight is 424 g/mol. The predicted octanol–water partition coefficient (Wildman–Crippen LogP) is 4.24. The van der Waals surface area contributed by atoms with E-state index in [1.807, 2.05) is 13.0 Å². The number of carbonyl (C=O) groups excluding carboxylic acids is 3. The van der Waals surface area contributed by atoms with Gasteiger partial charge in [0.1, 0.15) is 6.61 Å². The third kappa shape index (κ3) is 5.30. The maximum Gasteiger partial charge on any atom is 0.367 e. The second kappa shape index (κ2) is 9.80. The number of hydrogen-bond donors (Lipinski definition) is 1. The number of amides is 1. The highest BCUT2D eigenvalue weighted by Gasteiger charge is 2.17. The molecule has 0 aliphatic heterocycles. The Labute approximate surface area is 177 Å². The van der Waals surface area contributed by atoms with Gasteiger partial charge in [0.25, 0.3) is 5.91 Å². The van der Waals surface area contributed by atoms with Crippen molar-refractivity contribution in [1.82, 2.24) is 4.98 Å². The standard InChI is InChI=1S/C22H20N2O5S/c1-3-28-22(27)20-23-16(13-30-20)12-29-21(26)17-9-4-5-10-18(17)24-19(25)15-8-6-7-14(2)11-15/h4-11,13H,3,12H2,1-2H3,(H,24,25). The Morgan fingerprint density at radius 2 is 1.83 bits per heavy atom. The van der Waals surface area contributed by atoms with Gasteiger partial charge >= 0.3 is 11.9 Å². The van der Waals surface area contributed by atoms with Crippen molar-refractivity contribution >= 4 is 34.9 Å². The van der Waals surface area contributed by atoms with Gasteiger partial charge in [-0.05, 0) is 38.1 Å². The molecule has 0 radical (unpaired) electrons. The van der Waals surface area contributed by atoms with Crippen molar-refractivity contribution in [2.75, 3.05) is 11.9 Å². The number of carbonyl (C=O) groups is 3. The summed E-state index contributed by atoms with van der Waals surface area (Å²) < 4.78 is 10.2. The SMILES string of the molecule is CCOC(=O)c1nc(COC(=O)c2ccccc2NC(=O)c2cccc(C)c2)cs1. The molecule has 0 aliphatic carbocycles. The normalized spacial score (nSPS) is 10.3. The number of aryl methyl sites for hydroxylation is 1. The van der Waals surface area contributed by atoms with E-state index in [2.05, 4.69) is 10.3 Å². The topological polar surface area (TPSA) is 94.6 Å². The maximum absolute atomic E-state index is 12.6. The van der Waals surface area contributed by atoms with E-state index < -0.39 is 11.9 Å². The molecule has 30 heavy (non-hydrogen) atoms. The summed E-state index contributed by atoms with van der Waals surface area (Å²) in [5, 5.41) is 4.58. The van der Waals surface area contributed by atoms with Crippen LogP contribution in [0.3, 0.4) is 0 Å². The Morgan fingerprint density at radius 1 is 1.03 bits per heavy atom. The molecule has 7 nitrogen and oxygen atoms in total. The molecule has 154 valence electrons. The van der Waals surface area contributed by atoms with E-state index in [0.29, 0.717) is 16.9 Å². The van der Waals surface area contributed by atoms with Gasteiger partial charge in [-0.25, -0.2) is 14.6 Å². The van der Waals surface area contributed by atoms with Gasteiger partial charge in [-0.3, -0.25) is 4.79 Å². The summed E-state index contributed by atoms with van der Waals surface area (Å²) in [5.41, 5.74) is 2.46. The molecular weight excluding hydrogens is 404 g/mol. The molecule has 1 heterocycles. The Kier molecular flexibility index (Phi) is 6.92. The molecule has 3 aromatic rings. The molecule has 1 aromatic heterocycles. The van der Waals surface area contributed by atoms with E-state index >= 15 is 0 Å². The molecule has 0 atom stereocenters. The number of nitrogens with zero attached hydrogens (tertiary/aromatic N) is 1. The number of nitrogens with one attached hydrogen (secondary N) is 1. The summed E-state index contributed by atoms with van der Waals surface area (Å²) in [7, 11) is 0. The van der Waals surface area contributed by atoms with Gasteiger partial charge in [-0.15, -0.1) is 11.3 Å². The first-order valence-corrected chi connectivity index (χ1v) is 10.1. The number of esters is 2. The summed E-state index contributed by atoms with van der Waals surface area (Å²) in [6.07, 6.45) is 0. The summed E-state index contributed by atoms with van der Waals surface area (Å²) >= 11 is 1.12. The number of anilines is 1. The fourth-order valence-corrected chi connectivity index (χ4v) is 3.32. The molecule has 2 aromatic carbocycles. The molecule has 0 bridgehead atoms. The predicted molar refractivity (Wildman–Crippen MR) is 113 cm³/mol. The first-order chi connectivity index (χ1) is 14.5. The number of aromatic nitrogens is 1. The monoisotopic (exact) mass is 424 g/mol. The molecule has 0 saturated heterocycles. The van der Waals surface area contributed by atoms with Gasteiger partial charge < -0.3 is 14.8 Å². The van der Waals surface area contributed by atoms with Crippen molar-refractivity contribution in [3.05, 3.63) is 81.3 Å². The van der Waals surface area contributed by atoms with Gasteiger partial charge in [-0.1, -0.05) is 29.8 Å². The molecular formula is C22H20N2O5S. The van der Waals surface area contributed by atoms with Crippen LogP contribution >= 0.6 is 11.3 Å². The second-order valence-electron chi connectivity index (χ2n) is 6.31. The Balaban J connectivity index is 1.67. The lowest BCUT2D eigenvalue weighted by Gasteiger charge is -2.11. The van der Waals surface area contributed by atoms with E-state index in [1.54, 1.807) is 54.8 Å². The zero-order valence-corrected chi connectivity index (χ0v) is 17.3. The Morgan fingerprint density at radius 3 is 2.60 bits per heavy atom. The van der Waals surface area contributed by atoms with Crippen LogP contribution in [0.25, 0.3) is 0 Å². The van der Waals surface area contributed by atoms with E-state index in [9.17, 15) is 14.4 Å². The summed E-state index contributed by atoms with van der Waals surface area (Å²) in [5.74, 6) is -1.44. The van der Waals surface area contributed by atoms with Crippen molar-refractivity contribution in [3.8, 4) is 0 Å². The highest BCUT2D eigenvalue weighted by Crippen LogP contribution is 2.19. The van der Waals surface area contributed by atoms with Crippen molar-refractivity contribution in [1.29, 1.82) is 0 Å². The highest BCUT2D eigenvalue weighted by atomic mass is 32.1. The molecule has 8 heteroatoms. The van der Waals surface area contributed by atoms with Crippen molar-refractivity contribution < 1.29 is 23.9 Å². The summed E-state index contributed by atoms with van der Waals surface area (Å²) in [6.45, 7) is 3.76. The van der Waals surface area contributed by atoms with Crippen LogP contribution in [0, 0.1) is 6.92 Å². The number of para-hydroxylation sites is 1. The molecule has 0 fully saturated rings. The smallest absolute Gasteiger partial charge is 0.367 e. The van der Waals surface area contributed by atoms with Crippen LogP contribution in [0.1, 0.15) is 48.7 Å². The van der Waals surface area contributed by atoms with E-state index in [1.165, 1.54) is 0 Å². The highest BCUT2D eigenvalue weighted by molar-refractivity contribution is 7.11. The maximum atomic E-state index is 12.6. The third-order valence-electron chi connectivity index (χ3n) is 4.03. The van der Waals surface area contributed by atoms with Gasteiger partial charge in [-0.2, -0.15) is 0 Å².